The van der Waals surface area contributed by atoms with Crippen molar-refractivity contribution in [1.29, 1.82) is 0 Å². The lowest BCUT2D eigenvalue weighted by molar-refractivity contribution is 0.0301. The molecule has 0 rings (SSSR count). The number of nitrogens with zero attached hydrogens (tertiary/aromatic N) is 1. The van der Waals surface area contributed by atoms with Crippen molar-refractivity contribution in [3.63, 3.8) is 0 Å². The van der Waals surface area contributed by atoms with E-state index in [2.05, 4.69) is 43.3 Å². The molecule has 0 fully saturated rings. The van der Waals surface area contributed by atoms with E-state index in [0.717, 1.165) is 31.4 Å². The monoisotopic (exact) mass is 443 g/mol. The van der Waals surface area contributed by atoms with E-state index in [9.17, 15) is 5.11 Å². The number of aliphatic hydroxyl groups is 1. The fourth-order valence-electron chi connectivity index (χ4n) is 1.92. The maximum atomic E-state index is 9.86. The van der Waals surface area contributed by atoms with Gasteiger partial charge in [0, 0.05) is 19.7 Å². The second kappa shape index (κ2) is 16.8. The Bertz CT molecular complexity index is 287. The molecule has 23 heavy (non-hydrogen) atoms. The largest absolute Gasteiger partial charge is 0.389 e. The van der Waals surface area contributed by atoms with E-state index < -0.39 is 6.10 Å². The van der Waals surface area contributed by atoms with Crippen molar-refractivity contribution in [3.05, 3.63) is 0 Å². The third kappa shape index (κ3) is 18.1. The van der Waals surface area contributed by atoms with Crippen molar-refractivity contribution in [2.45, 2.75) is 60.0 Å². The summed E-state index contributed by atoms with van der Waals surface area (Å²) in [5, 5.41) is 16.4. The van der Waals surface area contributed by atoms with Crippen LogP contribution in [-0.2, 0) is 4.74 Å². The van der Waals surface area contributed by atoms with E-state index >= 15 is 0 Å². The van der Waals surface area contributed by atoms with Crippen LogP contribution in [0.4, 0.5) is 0 Å². The van der Waals surface area contributed by atoms with Crippen LogP contribution < -0.4 is 10.6 Å². The second-order valence-electron chi connectivity index (χ2n) is 6.62. The van der Waals surface area contributed by atoms with Gasteiger partial charge in [-0.2, -0.15) is 0 Å². The van der Waals surface area contributed by atoms with E-state index in [1.54, 1.807) is 0 Å². The van der Waals surface area contributed by atoms with Crippen LogP contribution in [0, 0.1) is 11.8 Å². The number of nitrogens with one attached hydrogen (secondary N) is 2. The number of ether oxygens (including phenoxy) is 1. The number of rotatable bonds is 12. The first-order chi connectivity index (χ1) is 10.5. The molecule has 0 aromatic rings. The van der Waals surface area contributed by atoms with Gasteiger partial charge in [0.2, 0.25) is 0 Å². The van der Waals surface area contributed by atoms with Crippen LogP contribution in [0.15, 0.2) is 4.99 Å². The zero-order valence-corrected chi connectivity index (χ0v) is 17.9. The number of unbranched alkanes of at least 4 members (excludes halogenated alkanes) is 1. The lowest BCUT2D eigenvalue weighted by Crippen LogP contribution is -2.38. The topological polar surface area (TPSA) is 65.9 Å². The lowest BCUT2D eigenvalue weighted by atomic mass is 10.1. The maximum Gasteiger partial charge on any atom is 0.191 e. The summed E-state index contributed by atoms with van der Waals surface area (Å²) < 4.78 is 5.42. The number of hydrogen-bond donors (Lipinski definition) is 3. The van der Waals surface area contributed by atoms with E-state index in [-0.39, 0.29) is 24.0 Å². The van der Waals surface area contributed by atoms with Gasteiger partial charge in [0.1, 0.15) is 0 Å². The van der Waals surface area contributed by atoms with Crippen LogP contribution in [0.2, 0.25) is 0 Å². The molecule has 0 saturated carbocycles. The molecule has 3 N–H and O–H groups in total. The highest BCUT2D eigenvalue weighted by molar-refractivity contribution is 14.0. The molecule has 0 aliphatic rings. The fourth-order valence-corrected chi connectivity index (χ4v) is 1.92. The number of hydrogen-bond acceptors (Lipinski definition) is 3. The van der Waals surface area contributed by atoms with Crippen LogP contribution >= 0.6 is 24.0 Å². The van der Waals surface area contributed by atoms with Crippen molar-refractivity contribution in [1.82, 2.24) is 10.6 Å². The molecule has 0 aromatic carbocycles. The molecule has 0 heterocycles. The average Bonchev–Trinajstić information content (AvgIpc) is 2.43. The van der Waals surface area contributed by atoms with Crippen molar-refractivity contribution in [2.24, 2.45) is 16.8 Å². The number of aliphatic hydroxyl groups excluding tert-OH is 1. The minimum atomic E-state index is -0.546. The standard InChI is InChI=1S/C17H37N3O2.HI/c1-6-18-17(19-10-8-7-9-14(2)3)20-11-16(21)13-22-12-15(4)5;/h14-16,21H,6-13H2,1-5H3,(H2,18,19,20);1H. The Hall–Kier alpha value is -0.0800. The molecule has 0 amide bonds. The first kappa shape index (κ1) is 25.2. The Morgan fingerprint density at radius 2 is 1.74 bits per heavy atom. The van der Waals surface area contributed by atoms with E-state index in [1.165, 1.54) is 12.8 Å². The zero-order chi connectivity index (χ0) is 16.8. The Labute approximate surface area is 160 Å². The smallest absolute Gasteiger partial charge is 0.191 e. The van der Waals surface area contributed by atoms with Crippen LogP contribution in [0.5, 0.6) is 0 Å². The SMILES string of the molecule is CCNC(=NCC(O)COCC(C)C)NCCCCC(C)C.I. The number of halogens is 1. The van der Waals surface area contributed by atoms with Gasteiger partial charge < -0.3 is 20.5 Å². The molecule has 0 spiro atoms. The second-order valence-corrected chi connectivity index (χ2v) is 6.62. The summed E-state index contributed by atoms with van der Waals surface area (Å²) in [6.07, 6.45) is 3.09. The number of aliphatic imine (C=N–C) groups is 1. The molecule has 0 radical (unpaired) electrons. The molecule has 0 aromatic heterocycles. The molecular weight excluding hydrogens is 405 g/mol. The van der Waals surface area contributed by atoms with Gasteiger partial charge in [-0.15, -0.1) is 24.0 Å². The van der Waals surface area contributed by atoms with Gasteiger partial charge in [0.25, 0.3) is 0 Å². The summed E-state index contributed by atoms with van der Waals surface area (Å²) in [6, 6.07) is 0. The van der Waals surface area contributed by atoms with E-state index in [0.29, 0.717) is 25.7 Å². The van der Waals surface area contributed by atoms with Crippen LogP contribution in [-0.4, -0.2) is 50.0 Å². The van der Waals surface area contributed by atoms with E-state index in [4.69, 9.17) is 4.74 Å². The van der Waals surface area contributed by atoms with Gasteiger partial charge >= 0.3 is 0 Å². The first-order valence-electron chi connectivity index (χ1n) is 8.73. The number of guanidine groups is 1. The molecule has 140 valence electrons. The summed E-state index contributed by atoms with van der Waals surface area (Å²) in [4.78, 5) is 4.41. The summed E-state index contributed by atoms with van der Waals surface area (Å²) >= 11 is 0. The maximum absolute atomic E-state index is 9.86. The predicted octanol–water partition coefficient (Wildman–Crippen LogP) is 3.02. The molecule has 0 saturated heterocycles. The summed E-state index contributed by atoms with van der Waals surface area (Å²) in [5.41, 5.74) is 0. The Morgan fingerprint density at radius 1 is 1.04 bits per heavy atom. The van der Waals surface area contributed by atoms with Crippen molar-refractivity contribution < 1.29 is 9.84 Å². The molecule has 1 unspecified atom stereocenters. The highest BCUT2D eigenvalue weighted by Crippen LogP contribution is 2.05. The van der Waals surface area contributed by atoms with E-state index in [1.807, 2.05) is 6.92 Å². The Balaban J connectivity index is 0. The molecule has 1 atom stereocenters. The third-order valence-corrected chi connectivity index (χ3v) is 3.07. The lowest BCUT2D eigenvalue weighted by Gasteiger charge is -2.14. The first-order valence-corrected chi connectivity index (χ1v) is 8.73. The molecule has 0 aliphatic heterocycles. The van der Waals surface area contributed by atoms with Crippen molar-refractivity contribution in [3.8, 4) is 0 Å². The summed E-state index contributed by atoms with van der Waals surface area (Å²) in [7, 11) is 0. The van der Waals surface area contributed by atoms with Gasteiger partial charge in [-0.3, -0.25) is 4.99 Å². The van der Waals surface area contributed by atoms with Crippen LogP contribution in [0.1, 0.15) is 53.9 Å². The van der Waals surface area contributed by atoms with Gasteiger partial charge in [-0.05, 0) is 25.2 Å². The normalized spacial score (nSPS) is 13.1. The Kier molecular flexibility index (Phi) is 18.3. The highest BCUT2D eigenvalue weighted by Gasteiger charge is 2.05. The minimum absolute atomic E-state index is 0. The molecule has 0 aliphatic carbocycles. The zero-order valence-electron chi connectivity index (χ0n) is 15.6. The summed E-state index contributed by atoms with van der Waals surface area (Å²) in [5.74, 6) is 2.03. The molecular formula is C17H38IN3O2. The quantitative estimate of drug-likeness (QED) is 0.188. The van der Waals surface area contributed by atoms with Gasteiger partial charge in [-0.25, -0.2) is 0 Å². The molecule has 5 nitrogen and oxygen atoms in total. The molecule has 0 bridgehead atoms. The van der Waals surface area contributed by atoms with Crippen molar-refractivity contribution in [2.75, 3.05) is 32.8 Å². The Morgan fingerprint density at radius 3 is 2.30 bits per heavy atom. The van der Waals surface area contributed by atoms with Crippen LogP contribution in [0.25, 0.3) is 0 Å². The van der Waals surface area contributed by atoms with Crippen molar-refractivity contribution >= 4 is 29.9 Å². The van der Waals surface area contributed by atoms with Gasteiger partial charge in [-0.1, -0.05) is 40.5 Å². The third-order valence-electron chi connectivity index (χ3n) is 3.07. The fraction of sp³-hybridized carbons (Fsp3) is 0.941. The van der Waals surface area contributed by atoms with Crippen LogP contribution in [0.3, 0.4) is 0 Å². The average molecular weight is 443 g/mol. The highest BCUT2D eigenvalue weighted by atomic mass is 127. The minimum Gasteiger partial charge on any atom is -0.389 e. The summed E-state index contributed by atoms with van der Waals surface area (Å²) in [6.45, 7) is 13.8. The van der Waals surface area contributed by atoms with Gasteiger partial charge in [0.15, 0.2) is 5.96 Å². The predicted molar refractivity (Wildman–Crippen MR) is 110 cm³/mol. The molecule has 6 heteroatoms. The van der Waals surface area contributed by atoms with Gasteiger partial charge in [0.05, 0.1) is 19.3 Å².